The van der Waals surface area contributed by atoms with E-state index < -0.39 is 0 Å². The summed E-state index contributed by atoms with van der Waals surface area (Å²) in [6.07, 6.45) is 0. The van der Waals surface area contributed by atoms with E-state index in [9.17, 15) is 0 Å². The molecule has 1 aromatic carbocycles. The summed E-state index contributed by atoms with van der Waals surface area (Å²) in [6.45, 7) is 7.50. The Kier molecular flexibility index (Phi) is 3.92. The fraction of sp³-hybridized carbons (Fsp3) is 0.455. The van der Waals surface area contributed by atoms with Gasteiger partial charge in [-0.15, -0.1) is 0 Å². The molecule has 0 heterocycles. The summed E-state index contributed by atoms with van der Waals surface area (Å²) in [6, 6.07) is 4.17. The molecule has 0 radical (unpaired) electrons. The van der Waals surface area contributed by atoms with Crippen molar-refractivity contribution in [1.29, 1.82) is 0 Å². The molecule has 1 aromatic rings. The van der Waals surface area contributed by atoms with Gasteiger partial charge in [0.05, 0.1) is 6.61 Å². The molecule has 3 nitrogen and oxygen atoms in total. The number of hydrazine groups is 1. The molecule has 0 bridgehead atoms. The molecule has 0 aliphatic rings. The van der Waals surface area contributed by atoms with Crippen molar-refractivity contribution < 1.29 is 4.74 Å². The van der Waals surface area contributed by atoms with Crippen LogP contribution in [0.5, 0.6) is 5.75 Å². The average molecular weight is 194 g/mol. The van der Waals surface area contributed by atoms with Crippen LogP contribution in [-0.2, 0) is 6.54 Å². The van der Waals surface area contributed by atoms with Gasteiger partial charge >= 0.3 is 0 Å². The minimum Gasteiger partial charge on any atom is -0.494 e. The first-order valence-corrected chi connectivity index (χ1v) is 4.85. The van der Waals surface area contributed by atoms with Crippen LogP contribution in [0.3, 0.4) is 0 Å². The van der Waals surface area contributed by atoms with Crippen LogP contribution < -0.4 is 16.0 Å². The van der Waals surface area contributed by atoms with E-state index in [1.165, 1.54) is 11.1 Å². The smallest absolute Gasteiger partial charge is 0.122 e. The van der Waals surface area contributed by atoms with Gasteiger partial charge in [-0.25, -0.2) is 0 Å². The van der Waals surface area contributed by atoms with Gasteiger partial charge in [-0.1, -0.05) is 6.07 Å². The molecule has 14 heavy (non-hydrogen) atoms. The molecule has 0 unspecified atom stereocenters. The normalized spacial score (nSPS) is 10.3. The Morgan fingerprint density at radius 3 is 2.57 bits per heavy atom. The topological polar surface area (TPSA) is 47.3 Å². The molecule has 78 valence electrons. The third kappa shape index (κ3) is 2.47. The van der Waals surface area contributed by atoms with Crippen LogP contribution in [0.1, 0.15) is 23.6 Å². The van der Waals surface area contributed by atoms with Gasteiger partial charge in [0, 0.05) is 6.54 Å². The van der Waals surface area contributed by atoms with Gasteiger partial charge in [0.25, 0.3) is 0 Å². The zero-order valence-electron chi connectivity index (χ0n) is 9.05. The molecule has 3 heteroatoms. The molecule has 0 aliphatic carbocycles. The first kappa shape index (κ1) is 11.0. The summed E-state index contributed by atoms with van der Waals surface area (Å²) in [5.41, 5.74) is 6.24. The molecule has 0 aliphatic heterocycles. The van der Waals surface area contributed by atoms with Gasteiger partial charge < -0.3 is 4.74 Å². The third-order valence-electron chi connectivity index (χ3n) is 2.23. The molecule has 0 atom stereocenters. The molecule has 3 N–H and O–H groups in total. The SMILES string of the molecule is CCOc1cc(C)c(CNN)cc1C. The van der Waals surface area contributed by atoms with Crippen LogP contribution in [0.2, 0.25) is 0 Å². The second kappa shape index (κ2) is 4.98. The van der Waals surface area contributed by atoms with Gasteiger partial charge in [0.15, 0.2) is 0 Å². The van der Waals surface area contributed by atoms with Crippen molar-refractivity contribution >= 4 is 0 Å². The zero-order chi connectivity index (χ0) is 10.6. The number of hydrogen-bond donors (Lipinski definition) is 2. The lowest BCUT2D eigenvalue weighted by Gasteiger charge is -2.12. The van der Waals surface area contributed by atoms with Crippen LogP contribution in [0.4, 0.5) is 0 Å². The Hall–Kier alpha value is -1.06. The number of benzene rings is 1. The third-order valence-corrected chi connectivity index (χ3v) is 2.23. The van der Waals surface area contributed by atoms with Crippen LogP contribution in [0.15, 0.2) is 12.1 Å². The Morgan fingerprint density at radius 2 is 2.00 bits per heavy atom. The van der Waals surface area contributed by atoms with Gasteiger partial charge in [-0.3, -0.25) is 11.3 Å². The van der Waals surface area contributed by atoms with Crippen molar-refractivity contribution in [1.82, 2.24) is 5.43 Å². The predicted molar refractivity (Wildman–Crippen MR) is 58.1 cm³/mol. The highest BCUT2D eigenvalue weighted by atomic mass is 16.5. The summed E-state index contributed by atoms with van der Waals surface area (Å²) in [4.78, 5) is 0. The molecule has 0 amide bonds. The van der Waals surface area contributed by atoms with Crippen molar-refractivity contribution in [2.24, 2.45) is 5.84 Å². The van der Waals surface area contributed by atoms with E-state index in [4.69, 9.17) is 10.6 Å². The second-order valence-electron chi connectivity index (χ2n) is 3.36. The average Bonchev–Trinajstić information content (AvgIpc) is 2.14. The second-order valence-corrected chi connectivity index (χ2v) is 3.36. The highest BCUT2D eigenvalue weighted by Gasteiger charge is 2.04. The first-order chi connectivity index (χ1) is 6.69. The van der Waals surface area contributed by atoms with Crippen LogP contribution in [0.25, 0.3) is 0 Å². The van der Waals surface area contributed by atoms with E-state index in [1.54, 1.807) is 0 Å². The van der Waals surface area contributed by atoms with Crippen LogP contribution in [-0.4, -0.2) is 6.61 Å². The molecule has 0 aromatic heterocycles. The van der Waals surface area contributed by atoms with Crippen LogP contribution >= 0.6 is 0 Å². The van der Waals surface area contributed by atoms with E-state index in [-0.39, 0.29) is 0 Å². The maximum absolute atomic E-state index is 5.50. The van der Waals surface area contributed by atoms with Crippen molar-refractivity contribution in [3.05, 3.63) is 28.8 Å². The van der Waals surface area contributed by atoms with E-state index in [2.05, 4.69) is 24.5 Å². The Bertz CT molecular complexity index is 279. The summed E-state index contributed by atoms with van der Waals surface area (Å²) >= 11 is 0. The van der Waals surface area contributed by atoms with Crippen molar-refractivity contribution in [3.8, 4) is 5.75 Å². The highest BCUT2D eigenvalue weighted by molar-refractivity contribution is 5.41. The summed E-state index contributed by atoms with van der Waals surface area (Å²) in [5.74, 6) is 6.26. The predicted octanol–water partition coefficient (Wildman–Crippen LogP) is 1.67. The Morgan fingerprint density at radius 1 is 1.29 bits per heavy atom. The van der Waals surface area contributed by atoms with Crippen molar-refractivity contribution in [3.63, 3.8) is 0 Å². The maximum atomic E-state index is 5.50. The van der Waals surface area contributed by atoms with E-state index in [1.807, 2.05) is 13.8 Å². The molecule has 1 rings (SSSR count). The number of hydrogen-bond acceptors (Lipinski definition) is 3. The van der Waals surface area contributed by atoms with E-state index >= 15 is 0 Å². The fourth-order valence-electron chi connectivity index (χ4n) is 1.46. The largest absolute Gasteiger partial charge is 0.494 e. The first-order valence-electron chi connectivity index (χ1n) is 4.85. The zero-order valence-corrected chi connectivity index (χ0v) is 9.05. The fourth-order valence-corrected chi connectivity index (χ4v) is 1.46. The van der Waals surface area contributed by atoms with Gasteiger partial charge in [0.1, 0.15) is 5.75 Å². The molecule has 0 saturated carbocycles. The van der Waals surface area contributed by atoms with Crippen molar-refractivity contribution in [2.75, 3.05) is 6.61 Å². The highest BCUT2D eigenvalue weighted by Crippen LogP contribution is 2.22. The van der Waals surface area contributed by atoms with E-state index in [0.29, 0.717) is 13.2 Å². The van der Waals surface area contributed by atoms with E-state index in [0.717, 1.165) is 11.3 Å². The number of nitrogens with two attached hydrogens (primary N) is 1. The van der Waals surface area contributed by atoms with Gasteiger partial charge in [-0.05, 0) is 43.5 Å². The number of ether oxygens (including phenoxy) is 1. The lowest BCUT2D eigenvalue weighted by atomic mass is 10.0. The Balaban J connectivity index is 2.97. The molecule has 0 saturated heterocycles. The van der Waals surface area contributed by atoms with Gasteiger partial charge in [-0.2, -0.15) is 0 Å². The molecular weight excluding hydrogens is 176 g/mol. The maximum Gasteiger partial charge on any atom is 0.122 e. The lowest BCUT2D eigenvalue weighted by molar-refractivity contribution is 0.337. The lowest BCUT2D eigenvalue weighted by Crippen LogP contribution is -2.21. The Labute approximate surface area is 85.2 Å². The van der Waals surface area contributed by atoms with Gasteiger partial charge in [0.2, 0.25) is 0 Å². The summed E-state index contributed by atoms with van der Waals surface area (Å²) in [5, 5.41) is 0. The molecular formula is C11H18N2O. The summed E-state index contributed by atoms with van der Waals surface area (Å²) < 4.78 is 5.50. The molecule has 0 spiro atoms. The number of rotatable bonds is 4. The number of nitrogens with one attached hydrogen (secondary N) is 1. The standard InChI is InChI=1S/C11H18N2O/c1-4-14-11-6-8(2)10(7-13-12)5-9(11)3/h5-6,13H,4,7,12H2,1-3H3. The summed E-state index contributed by atoms with van der Waals surface area (Å²) in [7, 11) is 0. The monoisotopic (exact) mass is 194 g/mol. The quantitative estimate of drug-likeness (QED) is 0.566. The minimum absolute atomic E-state index is 0.694. The minimum atomic E-state index is 0.694. The molecule has 0 fully saturated rings. The number of aryl methyl sites for hydroxylation is 2. The van der Waals surface area contributed by atoms with Crippen LogP contribution in [0, 0.1) is 13.8 Å². The van der Waals surface area contributed by atoms with Crippen molar-refractivity contribution in [2.45, 2.75) is 27.3 Å².